The molecule has 1 fully saturated rings. The number of aryl methyl sites for hydroxylation is 4. The molecule has 7 heteroatoms. The van der Waals surface area contributed by atoms with Crippen molar-refractivity contribution in [3.05, 3.63) is 112 Å². The lowest BCUT2D eigenvalue weighted by atomic mass is 9.96. The zero-order chi connectivity index (χ0) is 28.6. The second-order valence-corrected chi connectivity index (χ2v) is 11.2. The number of anilines is 1. The lowest BCUT2D eigenvalue weighted by Crippen LogP contribution is -2.33. The van der Waals surface area contributed by atoms with Crippen molar-refractivity contribution in [3.63, 3.8) is 0 Å². The molecule has 206 valence electrons. The minimum Gasteiger partial charge on any atom is -0.352 e. The number of aromatic nitrogens is 2. The highest BCUT2D eigenvalue weighted by molar-refractivity contribution is 7.80. The lowest BCUT2D eigenvalue weighted by Gasteiger charge is -2.28. The zero-order valence-electron chi connectivity index (χ0n) is 24.1. The van der Waals surface area contributed by atoms with Crippen LogP contribution in [0.1, 0.15) is 63.4 Å². The maximum atomic E-state index is 13.1. The second-order valence-electron chi connectivity index (χ2n) is 10.8. The highest BCUT2D eigenvalue weighted by Crippen LogP contribution is 2.41. The van der Waals surface area contributed by atoms with Gasteiger partial charge in [0.25, 0.3) is 0 Å². The van der Waals surface area contributed by atoms with Crippen LogP contribution >= 0.6 is 12.2 Å². The third-order valence-electron chi connectivity index (χ3n) is 8.05. The summed E-state index contributed by atoms with van der Waals surface area (Å²) in [5.74, 6) is -0.0302. The van der Waals surface area contributed by atoms with Crippen molar-refractivity contribution < 1.29 is 4.79 Å². The Labute approximate surface area is 242 Å². The Morgan fingerprint density at radius 2 is 1.77 bits per heavy atom. The molecule has 5 rings (SSSR count). The summed E-state index contributed by atoms with van der Waals surface area (Å²) in [6, 6.07) is 20.5. The molecule has 4 aromatic rings. The summed E-state index contributed by atoms with van der Waals surface area (Å²) in [6.45, 7) is 13.2. The van der Waals surface area contributed by atoms with Gasteiger partial charge in [-0.1, -0.05) is 30.3 Å². The normalized spacial score (nSPS) is 16.8. The SMILES string of the molecule is Cc1ccc(C)c(NC(=O)CCN2C(=S)N[C@H](c3ccccn3)[C@@H]2c2cc(C)n(-c3cccc(C)c3C)c2C)c1. The van der Waals surface area contributed by atoms with Gasteiger partial charge in [-0.05, 0) is 112 Å². The molecule has 0 radical (unpaired) electrons. The van der Waals surface area contributed by atoms with Crippen LogP contribution in [-0.4, -0.2) is 32.0 Å². The van der Waals surface area contributed by atoms with Crippen LogP contribution in [0.15, 0.2) is 66.9 Å². The smallest absolute Gasteiger partial charge is 0.226 e. The van der Waals surface area contributed by atoms with Gasteiger partial charge in [0.1, 0.15) is 0 Å². The van der Waals surface area contributed by atoms with Gasteiger partial charge in [-0.15, -0.1) is 0 Å². The first-order chi connectivity index (χ1) is 19.2. The quantitative estimate of drug-likeness (QED) is 0.250. The summed E-state index contributed by atoms with van der Waals surface area (Å²) in [5, 5.41) is 7.26. The third-order valence-corrected chi connectivity index (χ3v) is 8.40. The van der Waals surface area contributed by atoms with Gasteiger partial charge in [-0.25, -0.2) is 0 Å². The Hall–Kier alpha value is -3.97. The number of amides is 1. The Balaban J connectivity index is 1.49. The third kappa shape index (κ3) is 5.26. The molecule has 2 N–H and O–H groups in total. The molecule has 0 saturated carbocycles. The summed E-state index contributed by atoms with van der Waals surface area (Å²) in [4.78, 5) is 19.9. The van der Waals surface area contributed by atoms with Crippen molar-refractivity contribution in [1.29, 1.82) is 0 Å². The molecular weight excluding hydrogens is 514 g/mol. The van der Waals surface area contributed by atoms with E-state index < -0.39 is 0 Å². The molecule has 40 heavy (non-hydrogen) atoms. The van der Waals surface area contributed by atoms with Crippen molar-refractivity contribution in [3.8, 4) is 5.69 Å². The van der Waals surface area contributed by atoms with Gasteiger partial charge in [-0.2, -0.15) is 0 Å². The van der Waals surface area contributed by atoms with Gasteiger partial charge >= 0.3 is 0 Å². The predicted octanol–water partition coefficient (Wildman–Crippen LogP) is 6.72. The van der Waals surface area contributed by atoms with E-state index >= 15 is 0 Å². The zero-order valence-corrected chi connectivity index (χ0v) is 24.9. The van der Waals surface area contributed by atoms with E-state index in [1.54, 1.807) is 0 Å². The van der Waals surface area contributed by atoms with Crippen LogP contribution in [0.5, 0.6) is 0 Å². The van der Waals surface area contributed by atoms with Crippen LogP contribution in [0.2, 0.25) is 0 Å². The largest absolute Gasteiger partial charge is 0.352 e. The minimum atomic E-state index is -0.136. The number of carbonyl (C=O) groups is 1. The number of benzene rings is 2. The van der Waals surface area contributed by atoms with Crippen LogP contribution in [0.25, 0.3) is 5.69 Å². The number of pyridine rings is 1. The molecular formula is C33H37N5OS. The van der Waals surface area contributed by atoms with Crippen LogP contribution in [0, 0.1) is 41.5 Å². The van der Waals surface area contributed by atoms with Crippen molar-refractivity contribution in [1.82, 2.24) is 19.8 Å². The number of nitrogens with zero attached hydrogens (tertiary/aromatic N) is 3. The van der Waals surface area contributed by atoms with Crippen LogP contribution in [0.4, 0.5) is 5.69 Å². The Bertz CT molecular complexity index is 1580. The molecule has 1 amide bonds. The maximum absolute atomic E-state index is 13.1. The first kappa shape index (κ1) is 27.6. The first-order valence-electron chi connectivity index (χ1n) is 13.8. The molecule has 2 atom stereocenters. The fraction of sp³-hybridized carbons (Fsp3) is 0.303. The molecule has 6 nitrogen and oxygen atoms in total. The van der Waals surface area contributed by atoms with E-state index in [0.29, 0.717) is 18.1 Å². The summed E-state index contributed by atoms with van der Waals surface area (Å²) in [6.07, 6.45) is 2.13. The fourth-order valence-electron chi connectivity index (χ4n) is 5.73. The molecule has 1 aliphatic rings. The highest BCUT2D eigenvalue weighted by Gasteiger charge is 2.41. The van der Waals surface area contributed by atoms with Gasteiger partial charge < -0.3 is 20.1 Å². The van der Waals surface area contributed by atoms with Gasteiger partial charge in [-0.3, -0.25) is 9.78 Å². The summed E-state index contributed by atoms with van der Waals surface area (Å²) in [5.41, 5.74) is 11.1. The standard InChI is InChI=1S/C33H37N5OS/c1-20-13-14-22(3)28(18-20)35-30(39)15-17-37-32(31(36-33(37)40)27-11-7-8-16-34-27)26-19-23(4)38(25(26)6)29-12-9-10-21(2)24(29)5/h7-14,16,18-19,31-32H,15,17H2,1-6H3,(H,35,39)(H,36,40)/t31-,32+/m1/s1. The molecule has 0 bridgehead atoms. The Kier molecular flexibility index (Phi) is 7.76. The second kappa shape index (κ2) is 11.3. The van der Waals surface area contributed by atoms with Gasteiger partial charge in [0.15, 0.2) is 5.11 Å². The van der Waals surface area contributed by atoms with E-state index in [-0.39, 0.29) is 18.0 Å². The van der Waals surface area contributed by atoms with E-state index in [2.05, 4.69) is 83.1 Å². The van der Waals surface area contributed by atoms with Crippen molar-refractivity contribution >= 4 is 28.9 Å². The van der Waals surface area contributed by atoms with E-state index in [0.717, 1.165) is 33.9 Å². The summed E-state index contributed by atoms with van der Waals surface area (Å²) < 4.78 is 2.33. The van der Waals surface area contributed by atoms with Crippen LogP contribution in [0.3, 0.4) is 0 Å². The van der Waals surface area contributed by atoms with Gasteiger partial charge in [0.2, 0.25) is 5.91 Å². The fourth-order valence-corrected chi connectivity index (χ4v) is 6.06. The van der Waals surface area contributed by atoms with E-state index in [1.165, 1.54) is 22.4 Å². The van der Waals surface area contributed by atoms with Crippen molar-refractivity contribution in [2.24, 2.45) is 0 Å². The molecule has 1 saturated heterocycles. The monoisotopic (exact) mass is 551 g/mol. The molecule has 2 aromatic carbocycles. The molecule has 1 aliphatic heterocycles. The Morgan fingerprint density at radius 3 is 2.52 bits per heavy atom. The number of nitrogens with one attached hydrogen (secondary N) is 2. The average molecular weight is 552 g/mol. The number of hydrogen-bond donors (Lipinski definition) is 2. The summed E-state index contributed by atoms with van der Waals surface area (Å²) >= 11 is 5.88. The van der Waals surface area contributed by atoms with Crippen LogP contribution in [-0.2, 0) is 4.79 Å². The molecule has 0 unspecified atom stereocenters. The summed E-state index contributed by atoms with van der Waals surface area (Å²) in [7, 11) is 0. The number of hydrogen-bond acceptors (Lipinski definition) is 3. The van der Waals surface area contributed by atoms with Crippen molar-refractivity contribution in [2.75, 3.05) is 11.9 Å². The van der Waals surface area contributed by atoms with E-state index in [1.807, 2.05) is 50.4 Å². The minimum absolute atomic E-state index is 0.0302. The van der Waals surface area contributed by atoms with Gasteiger partial charge in [0.05, 0.1) is 17.8 Å². The Morgan fingerprint density at radius 1 is 0.975 bits per heavy atom. The first-order valence-corrected chi connectivity index (χ1v) is 14.2. The maximum Gasteiger partial charge on any atom is 0.226 e. The molecule has 3 heterocycles. The predicted molar refractivity (Wildman–Crippen MR) is 166 cm³/mol. The van der Waals surface area contributed by atoms with Gasteiger partial charge in [0, 0.05) is 41.9 Å². The number of carbonyl (C=O) groups excluding carboxylic acids is 1. The molecule has 0 spiro atoms. The number of thiocarbonyl (C=S) groups is 1. The van der Waals surface area contributed by atoms with E-state index in [9.17, 15) is 4.79 Å². The number of rotatable bonds is 7. The topological polar surface area (TPSA) is 62.2 Å². The average Bonchev–Trinajstić information content (AvgIpc) is 3.41. The molecule has 0 aliphatic carbocycles. The van der Waals surface area contributed by atoms with Crippen molar-refractivity contribution in [2.45, 2.75) is 60.0 Å². The van der Waals surface area contributed by atoms with Crippen LogP contribution < -0.4 is 10.6 Å². The highest BCUT2D eigenvalue weighted by atomic mass is 32.1. The lowest BCUT2D eigenvalue weighted by molar-refractivity contribution is -0.116. The molecule has 2 aromatic heterocycles. The van der Waals surface area contributed by atoms with E-state index in [4.69, 9.17) is 12.2 Å².